The van der Waals surface area contributed by atoms with Gasteiger partial charge in [-0.25, -0.2) is 0 Å². The van der Waals surface area contributed by atoms with E-state index in [0.717, 1.165) is 16.9 Å². The van der Waals surface area contributed by atoms with Gasteiger partial charge in [-0.2, -0.15) is 0 Å². The van der Waals surface area contributed by atoms with E-state index in [0.29, 0.717) is 11.6 Å². The lowest BCUT2D eigenvalue weighted by Crippen LogP contribution is -2.21. The summed E-state index contributed by atoms with van der Waals surface area (Å²) in [5.41, 5.74) is 2.02. The molecule has 0 fully saturated rings. The summed E-state index contributed by atoms with van der Waals surface area (Å²) < 4.78 is 5.31. The minimum absolute atomic E-state index is 0.0460. The molecule has 1 amide bonds. The monoisotopic (exact) mass is 322 g/mol. The molecule has 1 aromatic heterocycles. The lowest BCUT2D eigenvalue weighted by atomic mass is 10.0. The molecule has 2 aromatic carbocycles. The Morgan fingerprint density at radius 1 is 1.13 bits per heavy atom. The van der Waals surface area contributed by atoms with Gasteiger partial charge in [0.1, 0.15) is 0 Å². The average Bonchev–Trinajstić information content (AvgIpc) is 3.22. The van der Waals surface area contributed by atoms with Crippen molar-refractivity contribution >= 4 is 23.5 Å². The van der Waals surface area contributed by atoms with Crippen molar-refractivity contribution in [2.45, 2.75) is 10.8 Å². The number of hydrogen-bond donors (Lipinski definition) is 1. The first kappa shape index (κ1) is 14.1. The minimum Gasteiger partial charge on any atom is -0.354 e. The Bertz CT molecular complexity index is 845. The fourth-order valence-corrected chi connectivity index (χ4v) is 3.89. The van der Waals surface area contributed by atoms with Crippen molar-refractivity contribution in [3.8, 4) is 11.3 Å². The highest BCUT2D eigenvalue weighted by Gasteiger charge is 2.29. The number of benzene rings is 2. The Kier molecular flexibility index (Phi) is 3.63. The number of nitrogens with zero attached hydrogens (tertiary/aromatic N) is 1. The quantitative estimate of drug-likeness (QED) is 0.786. The number of fused-ring (bicyclic) bond motifs is 1. The van der Waals surface area contributed by atoms with Crippen LogP contribution in [0.2, 0.25) is 0 Å². The Morgan fingerprint density at radius 3 is 2.78 bits per heavy atom. The Labute approximate surface area is 137 Å². The number of carbonyl (C=O) groups is 1. The van der Waals surface area contributed by atoms with Crippen LogP contribution in [-0.2, 0) is 4.79 Å². The first-order valence-electron chi connectivity index (χ1n) is 7.36. The summed E-state index contributed by atoms with van der Waals surface area (Å²) in [5, 5.41) is 6.80. The predicted octanol–water partition coefficient (Wildman–Crippen LogP) is 4.17. The van der Waals surface area contributed by atoms with Crippen LogP contribution in [0.15, 0.2) is 70.1 Å². The van der Waals surface area contributed by atoms with E-state index in [1.165, 1.54) is 4.90 Å². The molecule has 3 aromatic rings. The number of hydrogen-bond acceptors (Lipinski definition) is 4. The number of carbonyl (C=O) groups excluding carboxylic acids is 1. The second-order valence-corrected chi connectivity index (χ2v) is 6.39. The molecule has 23 heavy (non-hydrogen) atoms. The van der Waals surface area contributed by atoms with Crippen LogP contribution < -0.4 is 5.32 Å². The molecule has 1 aliphatic heterocycles. The van der Waals surface area contributed by atoms with Crippen molar-refractivity contribution in [1.29, 1.82) is 0 Å². The van der Waals surface area contributed by atoms with Crippen LogP contribution in [0.4, 0.5) is 5.82 Å². The molecule has 0 radical (unpaired) electrons. The zero-order valence-corrected chi connectivity index (χ0v) is 13.0. The molecule has 2 heterocycles. The van der Waals surface area contributed by atoms with Crippen molar-refractivity contribution < 1.29 is 9.32 Å². The van der Waals surface area contributed by atoms with Gasteiger partial charge in [0.15, 0.2) is 11.6 Å². The summed E-state index contributed by atoms with van der Waals surface area (Å²) in [6, 6.07) is 19.5. The first-order chi connectivity index (χ1) is 11.3. The van der Waals surface area contributed by atoms with Crippen LogP contribution in [0.25, 0.3) is 11.3 Å². The third-order valence-electron chi connectivity index (χ3n) is 3.84. The van der Waals surface area contributed by atoms with Gasteiger partial charge in [0.25, 0.3) is 0 Å². The van der Waals surface area contributed by atoms with Gasteiger partial charge in [-0.15, -0.1) is 11.8 Å². The molecule has 0 bridgehead atoms. The zero-order valence-electron chi connectivity index (χ0n) is 12.2. The molecule has 4 rings (SSSR count). The van der Waals surface area contributed by atoms with Crippen LogP contribution in [0, 0.1) is 0 Å². The summed E-state index contributed by atoms with van der Waals surface area (Å²) in [6.07, 6.45) is 0. The summed E-state index contributed by atoms with van der Waals surface area (Å²) in [6.45, 7) is 0. The molecular formula is C18H14N2O2S. The molecule has 0 saturated carbocycles. The number of anilines is 1. The maximum absolute atomic E-state index is 12.5. The summed E-state index contributed by atoms with van der Waals surface area (Å²) in [4.78, 5) is 13.7. The molecule has 0 spiro atoms. The Morgan fingerprint density at radius 2 is 1.91 bits per heavy atom. The van der Waals surface area contributed by atoms with E-state index in [9.17, 15) is 4.79 Å². The third-order valence-corrected chi connectivity index (χ3v) is 5.02. The van der Waals surface area contributed by atoms with E-state index in [2.05, 4.69) is 16.5 Å². The van der Waals surface area contributed by atoms with Crippen LogP contribution >= 0.6 is 11.8 Å². The molecule has 114 valence electrons. The lowest BCUT2D eigenvalue weighted by Gasteiger charge is -2.09. The van der Waals surface area contributed by atoms with Crippen molar-refractivity contribution in [3.05, 3.63) is 66.2 Å². The Hall–Kier alpha value is -2.53. The zero-order chi connectivity index (χ0) is 15.6. The van der Waals surface area contributed by atoms with Crippen molar-refractivity contribution in [2.24, 2.45) is 0 Å². The number of rotatable bonds is 3. The highest BCUT2D eigenvalue weighted by molar-refractivity contribution is 7.99. The second-order valence-electron chi connectivity index (χ2n) is 5.33. The van der Waals surface area contributed by atoms with Crippen LogP contribution in [0.5, 0.6) is 0 Å². The predicted molar refractivity (Wildman–Crippen MR) is 90.5 cm³/mol. The topological polar surface area (TPSA) is 55.1 Å². The van der Waals surface area contributed by atoms with Gasteiger partial charge in [-0.1, -0.05) is 53.7 Å². The highest BCUT2D eigenvalue weighted by atomic mass is 32.2. The van der Waals surface area contributed by atoms with E-state index in [4.69, 9.17) is 4.52 Å². The SMILES string of the molecule is O=C(Nc1cc(-c2ccccc2)on1)[C@H]1CSc2ccccc21. The van der Waals surface area contributed by atoms with Gasteiger partial charge in [-0.05, 0) is 11.6 Å². The maximum Gasteiger partial charge on any atom is 0.234 e. The van der Waals surface area contributed by atoms with E-state index >= 15 is 0 Å². The standard InChI is InChI=1S/C18H14N2O2S/c21-18(14-11-23-16-9-5-4-8-13(14)16)19-17-10-15(22-20-17)12-6-2-1-3-7-12/h1-10,14H,11H2,(H,19,20,21)/t14-/m0/s1. The van der Waals surface area contributed by atoms with Crippen molar-refractivity contribution in [2.75, 3.05) is 11.1 Å². The smallest absolute Gasteiger partial charge is 0.234 e. The largest absolute Gasteiger partial charge is 0.354 e. The van der Waals surface area contributed by atoms with E-state index in [-0.39, 0.29) is 11.8 Å². The van der Waals surface area contributed by atoms with Crippen LogP contribution in [0.1, 0.15) is 11.5 Å². The first-order valence-corrected chi connectivity index (χ1v) is 8.34. The average molecular weight is 322 g/mol. The molecule has 0 aliphatic carbocycles. The highest BCUT2D eigenvalue weighted by Crippen LogP contribution is 2.39. The molecule has 1 atom stereocenters. The third kappa shape index (κ3) is 2.75. The van der Waals surface area contributed by atoms with Gasteiger partial charge in [0, 0.05) is 22.3 Å². The van der Waals surface area contributed by atoms with Crippen LogP contribution in [0.3, 0.4) is 0 Å². The van der Waals surface area contributed by atoms with Crippen LogP contribution in [-0.4, -0.2) is 16.8 Å². The molecule has 1 N–H and O–H groups in total. The molecule has 4 nitrogen and oxygen atoms in total. The summed E-state index contributed by atoms with van der Waals surface area (Å²) in [7, 11) is 0. The van der Waals surface area contributed by atoms with Crippen molar-refractivity contribution in [1.82, 2.24) is 5.16 Å². The molecular weight excluding hydrogens is 308 g/mol. The number of aromatic nitrogens is 1. The van der Waals surface area contributed by atoms with Gasteiger partial charge in [0.2, 0.25) is 5.91 Å². The maximum atomic E-state index is 12.5. The summed E-state index contributed by atoms with van der Waals surface area (Å²) in [5.74, 6) is 1.66. The second kappa shape index (κ2) is 5.93. The van der Waals surface area contributed by atoms with Gasteiger partial charge < -0.3 is 9.84 Å². The van der Waals surface area contributed by atoms with E-state index < -0.39 is 0 Å². The molecule has 5 heteroatoms. The Balaban J connectivity index is 1.51. The normalized spacial score (nSPS) is 16.1. The fourth-order valence-electron chi connectivity index (χ4n) is 2.67. The molecule has 1 aliphatic rings. The lowest BCUT2D eigenvalue weighted by molar-refractivity contribution is -0.117. The van der Waals surface area contributed by atoms with E-state index in [1.807, 2.05) is 48.5 Å². The number of nitrogens with one attached hydrogen (secondary N) is 1. The fraction of sp³-hybridized carbons (Fsp3) is 0.111. The minimum atomic E-state index is -0.145. The number of amides is 1. The molecule has 0 unspecified atom stereocenters. The van der Waals surface area contributed by atoms with Gasteiger partial charge in [-0.3, -0.25) is 4.79 Å². The molecule has 0 saturated heterocycles. The van der Waals surface area contributed by atoms with Gasteiger partial charge in [0.05, 0.1) is 5.92 Å². The van der Waals surface area contributed by atoms with Gasteiger partial charge >= 0.3 is 0 Å². The van der Waals surface area contributed by atoms with E-state index in [1.54, 1.807) is 17.8 Å². The summed E-state index contributed by atoms with van der Waals surface area (Å²) >= 11 is 1.71. The number of thioether (sulfide) groups is 1. The van der Waals surface area contributed by atoms with Crippen molar-refractivity contribution in [3.63, 3.8) is 0 Å².